The zero-order valence-electron chi connectivity index (χ0n) is 12.5. The second-order valence-electron chi connectivity index (χ2n) is 4.35. The summed E-state index contributed by atoms with van der Waals surface area (Å²) in [7, 11) is -3.40. The van der Waals surface area contributed by atoms with Gasteiger partial charge in [-0.15, -0.1) is 0 Å². The zero-order valence-corrected chi connectivity index (χ0v) is 13.3. The highest BCUT2D eigenvalue weighted by Gasteiger charge is 2.12. The summed E-state index contributed by atoms with van der Waals surface area (Å²) >= 11 is 0. The first-order valence-corrected chi connectivity index (χ1v) is 8.57. The molecule has 0 aromatic heterocycles. The van der Waals surface area contributed by atoms with Crippen LogP contribution in [0.4, 0.5) is 5.69 Å². The van der Waals surface area contributed by atoms with Crippen molar-refractivity contribution in [1.29, 1.82) is 0 Å². The molecule has 0 bridgehead atoms. The van der Waals surface area contributed by atoms with E-state index >= 15 is 0 Å². The Labute approximate surface area is 126 Å². The molecule has 0 heterocycles. The summed E-state index contributed by atoms with van der Waals surface area (Å²) in [5.74, 6) is 5.66. The van der Waals surface area contributed by atoms with E-state index in [1.807, 2.05) is 19.9 Å². The number of benzene rings is 1. The normalized spacial score (nSPS) is 10.8. The number of hydrogen-bond acceptors (Lipinski definition) is 4. The van der Waals surface area contributed by atoms with Gasteiger partial charge >= 0.3 is 0 Å². The van der Waals surface area contributed by atoms with Crippen molar-refractivity contribution >= 4 is 15.7 Å². The van der Waals surface area contributed by atoms with E-state index in [-0.39, 0.29) is 12.4 Å². The second-order valence-corrected chi connectivity index (χ2v) is 6.19. The maximum atomic E-state index is 12.0. The molecule has 21 heavy (non-hydrogen) atoms. The Morgan fingerprint density at radius 2 is 2.10 bits per heavy atom. The minimum Gasteiger partial charge on any atom is -0.381 e. The molecule has 0 radical (unpaired) electrons. The first kappa shape index (κ1) is 17.5. The Kier molecular flexibility index (Phi) is 7.23. The van der Waals surface area contributed by atoms with Gasteiger partial charge in [0.05, 0.1) is 24.6 Å². The van der Waals surface area contributed by atoms with E-state index in [4.69, 9.17) is 10.5 Å². The van der Waals surface area contributed by atoms with Crippen molar-refractivity contribution in [2.24, 2.45) is 5.73 Å². The van der Waals surface area contributed by atoms with Crippen LogP contribution in [0.3, 0.4) is 0 Å². The van der Waals surface area contributed by atoms with Crippen LogP contribution < -0.4 is 10.5 Å². The fraction of sp³-hybridized carbons (Fsp3) is 0.467. The summed E-state index contributed by atoms with van der Waals surface area (Å²) in [5, 5.41) is 0. The molecule has 0 aliphatic rings. The van der Waals surface area contributed by atoms with Crippen molar-refractivity contribution in [3.05, 3.63) is 29.3 Å². The number of nitrogens with two attached hydrogens (primary N) is 1. The molecule has 0 saturated heterocycles. The summed E-state index contributed by atoms with van der Waals surface area (Å²) in [4.78, 5) is 0. The molecule has 0 amide bonds. The topological polar surface area (TPSA) is 81.4 Å². The molecule has 0 fully saturated rings. The monoisotopic (exact) mass is 310 g/mol. The molecule has 1 aromatic carbocycles. The zero-order chi connectivity index (χ0) is 15.7. The molecule has 0 spiro atoms. The van der Waals surface area contributed by atoms with E-state index < -0.39 is 10.0 Å². The quantitative estimate of drug-likeness (QED) is 0.588. The Balaban J connectivity index is 2.88. The molecule has 5 nitrogen and oxygen atoms in total. The minimum atomic E-state index is -3.40. The minimum absolute atomic E-state index is 0.0568. The van der Waals surface area contributed by atoms with E-state index in [1.165, 1.54) is 0 Å². The van der Waals surface area contributed by atoms with Gasteiger partial charge in [0.1, 0.15) is 0 Å². The molecule has 0 unspecified atom stereocenters. The van der Waals surface area contributed by atoms with Gasteiger partial charge in [0, 0.05) is 12.2 Å². The van der Waals surface area contributed by atoms with Gasteiger partial charge in [-0.05, 0) is 37.1 Å². The van der Waals surface area contributed by atoms with E-state index in [0.29, 0.717) is 25.3 Å². The summed E-state index contributed by atoms with van der Waals surface area (Å²) in [6.07, 6.45) is 0.710. The van der Waals surface area contributed by atoms with Gasteiger partial charge in [-0.3, -0.25) is 4.72 Å². The molecule has 1 aromatic rings. The van der Waals surface area contributed by atoms with Crippen molar-refractivity contribution < 1.29 is 13.2 Å². The third-order valence-corrected chi connectivity index (χ3v) is 4.02. The van der Waals surface area contributed by atoms with E-state index in [1.54, 1.807) is 12.1 Å². The Morgan fingerprint density at radius 3 is 2.71 bits per heavy atom. The molecule has 116 valence electrons. The molecule has 0 aliphatic heterocycles. The third-order valence-electron chi connectivity index (χ3n) is 2.79. The van der Waals surface area contributed by atoms with Gasteiger partial charge in [-0.25, -0.2) is 8.42 Å². The second kappa shape index (κ2) is 8.67. The average Bonchev–Trinajstić information content (AvgIpc) is 2.46. The maximum Gasteiger partial charge on any atom is 0.235 e. The highest BCUT2D eigenvalue weighted by Crippen LogP contribution is 2.19. The summed E-state index contributed by atoms with van der Waals surface area (Å²) in [5.41, 5.74) is 7.66. The Hall–Kier alpha value is -1.55. The lowest BCUT2D eigenvalue weighted by Crippen LogP contribution is -2.21. The molecule has 0 atom stereocenters. The lowest BCUT2D eigenvalue weighted by atomic mass is 10.1. The number of hydrogen-bond donors (Lipinski definition) is 2. The van der Waals surface area contributed by atoms with Crippen LogP contribution in [0, 0.1) is 11.8 Å². The van der Waals surface area contributed by atoms with Crippen LogP contribution in [-0.2, 0) is 21.2 Å². The maximum absolute atomic E-state index is 12.0. The van der Waals surface area contributed by atoms with E-state index in [9.17, 15) is 8.42 Å². The van der Waals surface area contributed by atoms with Gasteiger partial charge in [0.25, 0.3) is 0 Å². The van der Waals surface area contributed by atoms with Crippen molar-refractivity contribution in [3.63, 3.8) is 0 Å². The van der Waals surface area contributed by atoms with Gasteiger partial charge in [-0.2, -0.15) is 0 Å². The van der Waals surface area contributed by atoms with Crippen LogP contribution in [0.25, 0.3) is 0 Å². The number of anilines is 1. The molecule has 3 N–H and O–H groups in total. The number of rotatable bonds is 7. The van der Waals surface area contributed by atoms with Crippen molar-refractivity contribution in [2.75, 3.05) is 30.2 Å². The first-order valence-electron chi connectivity index (χ1n) is 6.92. The molecule has 1 rings (SSSR count). The SMILES string of the molecule is CCOCCS(=O)(=O)Nc1ccc(C#CCN)cc1CC. The van der Waals surface area contributed by atoms with Gasteiger partial charge in [-0.1, -0.05) is 18.8 Å². The molecular weight excluding hydrogens is 288 g/mol. The van der Waals surface area contributed by atoms with Gasteiger partial charge in [0.2, 0.25) is 10.0 Å². The number of sulfonamides is 1. The summed E-state index contributed by atoms with van der Waals surface area (Å²) in [6.45, 7) is 4.79. The van der Waals surface area contributed by atoms with Crippen LogP contribution in [0.5, 0.6) is 0 Å². The average molecular weight is 310 g/mol. The lowest BCUT2D eigenvalue weighted by molar-refractivity contribution is 0.163. The van der Waals surface area contributed by atoms with Gasteiger partial charge in [0.15, 0.2) is 0 Å². The predicted octanol–water partition coefficient (Wildman–Crippen LogP) is 1.34. The predicted molar refractivity (Wildman–Crippen MR) is 85.7 cm³/mol. The van der Waals surface area contributed by atoms with Crippen molar-refractivity contribution in [3.8, 4) is 11.8 Å². The van der Waals surface area contributed by atoms with Crippen molar-refractivity contribution in [2.45, 2.75) is 20.3 Å². The largest absolute Gasteiger partial charge is 0.381 e. The Bertz CT molecular complexity index is 616. The smallest absolute Gasteiger partial charge is 0.235 e. The molecule has 6 heteroatoms. The van der Waals surface area contributed by atoms with Gasteiger partial charge < -0.3 is 10.5 Å². The standard InChI is InChI=1S/C15H22N2O3S/c1-3-14-12-13(6-5-9-16)7-8-15(14)17-21(18,19)11-10-20-4-2/h7-8,12,17H,3-4,9-11,16H2,1-2H3. The van der Waals surface area contributed by atoms with Crippen LogP contribution >= 0.6 is 0 Å². The fourth-order valence-corrected chi connectivity index (χ4v) is 2.72. The van der Waals surface area contributed by atoms with Crippen LogP contribution in [0.1, 0.15) is 25.0 Å². The van der Waals surface area contributed by atoms with Crippen molar-refractivity contribution in [1.82, 2.24) is 0 Å². The van der Waals surface area contributed by atoms with Crippen LogP contribution in [0.2, 0.25) is 0 Å². The van der Waals surface area contributed by atoms with Crippen LogP contribution in [-0.4, -0.2) is 33.9 Å². The van der Waals surface area contributed by atoms with E-state index in [0.717, 1.165) is 11.1 Å². The fourth-order valence-electron chi connectivity index (χ4n) is 1.75. The highest BCUT2D eigenvalue weighted by atomic mass is 32.2. The van der Waals surface area contributed by atoms with Crippen LogP contribution in [0.15, 0.2) is 18.2 Å². The first-order chi connectivity index (χ1) is 10.0. The lowest BCUT2D eigenvalue weighted by Gasteiger charge is -2.12. The van der Waals surface area contributed by atoms with E-state index in [2.05, 4.69) is 16.6 Å². The highest BCUT2D eigenvalue weighted by molar-refractivity contribution is 7.92. The number of ether oxygens (including phenoxy) is 1. The number of nitrogens with one attached hydrogen (secondary N) is 1. The molecular formula is C15H22N2O3S. The molecule has 0 saturated carbocycles. The molecule has 0 aliphatic carbocycles. The summed E-state index contributed by atoms with van der Waals surface area (Å²) in [6, 6.07) is 5.39. The third kappa shape index (κ3) is 6.17. The summed E-state index contributed by atoms with van der Waals surface area (Å²) < 4.78 is 31.6. The Morgan fingerprint density at radius 1 is 1.33 bits per heavy atom. The number of aryl methyl sites for hydroxylation is 1.